The Labute approximate surface area is 298 Å². The summed E-state index contributed by atoms with van der Waals surface area (Å²) in [5.41, 5.74) is 0. The van der Waals surface area contributed by atoms with Crippen molar-refractivity contribution in [2.45, 2.75) is 51.0 Å². The van der Waals surface area contributed by atoms with Crippen molar-refractivity contribution in [1.29, 1.82) is 0 Å². The van der Waals surface area contributed by atoms with Gasteiger partial charge >= 0.3 is 12.1 Å². The number of hydrogen-bond acceptors (Lipinski definition) is 14. The van der Waals surface area contributed by atoms with Gasteiger partial charge in [0.25, 0.3) is 11.8 Å². The Morgan fingerprint density at radius 1 is 0.725 bits per heavy atom. The van der Waals surface area contributed by atoms with E-state index in [9.17, 15) is 24.0 Å². The fourth-order valence-electron chi connectivity index (χ4n) is 5.52. The van der Waals surface area contributed by atoms with E-state index < -0.39 is 42.2 Å². The number of nitrogens with one attached hydrogen (secondary N) is 2. The number of imide groups is 1. The maximum atomic E-state index is 12.9. The number of rotatable bonds is 28. The standard InChI is InChI=1S/C34H53N3O14/c1-43-12-13-45-16-17-47-20-21-49-23-22-48-19-18-46-15-14-44-11-10-35-33(41)29(24-32(40)51-37-30(38)8-9-31(37)39)36-34(42)50-25-28-26-6-4-2-3-5-7-27(26)28/h26-29H,4-25H2,1H3,(H,35,41)(H,36,42)/t26-,27+,28-,29-/m0/s1. The van der Waals surface area contributed by atoms with Gasteiger partial charge in [-0.05, 0) is 30.6 Å². The Morgan fingerprint density at radius 3 is 1.69 bits per heavy atom. The number of hydrogen-bond donors (Lipinski definition) is 2. The van der Waals surface area contributed by atoms with E-state index in [1.54, 1.807) is 7.11 Å². The van der Waals surface area contributed by atoms with Gasteiger partial charge in [-0.25, -0.2) is 9.59 Å². The number of hydroxylamine groups is 2. The molecule has 3 aliphatic rings. The van der Waals surface area contributed by atoms with E-state index in [2.05, 4.69) is 22.5 Å². The van der Waals surface area contributed by atoms with Crippen LogP contribution in [0.15, 0.2) is 0 Å². The highest BCUT2D eigenvalue weighted by Gasteiger charge is 2.49. The molecule has 1 saturated carbocycles. The van der Waals surface area contributed by atoms with Crippen molar-refractivity contribution in [2.24, 2.45) is 17.8 Å². The first-order valence-electron chi connectivity index (χ1n) is 17.6. The number of ether oxygens (including phenoxy) is 8. The molecule has 0 aromatic carbocycles. The summed E-state index contributed by atoms with van der Waals surface area (Å²) in [6, 6.07) is -1.38. The molecule has 1 aliphatic heterocycles. The quantitative estimate of drug-likeness (QED) is 0.0638. The zero-order valence-electron chi connectivity index (χ0n) is 29.5. The SMILES string of the molecule is COCCOCCOCCOCCOCCOCCOCCNC(=O)[C@H](CC(=O)ON1C(=O)CCC1=O)NC(=O)OC[C@@H]1[C@@H]2CCC#CCC[C@@H]21. The highest BCUT2D eigenvalue weighted by molar-refractivity contribution is 6.01. The molecule has 51 heavy (non-hydrogen) atoms. The Hall–Kier alpha value is -3.37. The fourth-order valence-corrected chi connectivity index (χ4v) is 5.52. The minimum Gasteiger partial charge on any atom is -0.449 e. The average Bonchev–Trinajstić information content (AvgIpc) is 3.65. The number of amides is 4. The molecule has 0 unspecified atom stereocenters. The molecule has 17 nitrogen and oxygen atoms in total. The van der Waals surface area contributed by atoms with Gasteiger partial charge in [-0.1, -0.05) is 0 Å². The fraction of sp³-hybridized carbons (Fsp3) is 0.794. The van der Waals surface area contributed by atoms with E-state index in [1.807, 2.05) is 0 Å². The van der Waals surface area contributed by atoms with Crippen molar-refractivity contribution in [3.63, 3.8) is 0 Å². The van der Waals surface area contributed by atoms with Crippen molar-refractivity contribution >= 4 is 29.8 Å². The lowest BCUT2D eigenvalue weighted by Crippen LogP contribution is -2.49. The monoisotopic (exact) mass is 727 g/mol. The maximum absolute atomic E-state index is 12.9. The molecule has 1 heterocycles. The van der Waals surface area contributed by atoms with Crippen LogP contribution in [-0.2, 0) is 61.9 Å². The van der Waals surface area contributed by atoms with Crippen LogP contribution in [0, 0.1) is 29.6 Å². The number of alkyl carbamates (subject to hydrolysis) is 1. The molecule has 288 valence electrons. The van der Waals surface area contributed by atoms with Gasteiger partial charge in [0.15, 0.2) is 0 Å². The molecular formula is C34H53N3O14. The third-order valence-corrected chi connectivity index (χ3v) is 8.26. The van der Waals surface area contributed by atoms with Crippen LogP contribution in [0.2, 0.25) is 0 Å². The van der Waals surface area contributed by atoms with Crippen LogP contribution in [0.3, 0.4) is 0 Å². The summed E-state index contributed by atoms with van der Waals surface area (Å²) in [6.45, 7) is 5.68. The molecule has 2 fully saturated rings. The molecule has 0 aromatic rings. The lowest BCUT2D eigenvalue weighted by molar-refractivity contribution is -0.197. The Morgan fingerprint density at radius 2 is 1.20 bits per heavy atom. The van der Waals surface area contributed by atoms with Crippen LogP contribution < -0.4 is 10.6 Å². The Kier molecular flexibility index (Phi) is 21.1. The van der Waals surface area contributed by atoms with E-state index in [0.29, 0.717) is 89.6 Å². The van der Waals surface area contributed by atoms with Gasteiger partial charge in [-0.15, -0.1) is 16.9 Å². The van der Waals surface area contributed by atoms with Crippen LogP contribution in [0.1, 0.15) is 44.9 Å². The summed E-state index contributed by atoms with van der Waals surface area (Å²) in [5.74, 6) is 4.39. The molecule has 2 aliphatic carbocycles. The minimum absolute atomic E-state index is 0.0743. The predicted molar refractivity (Wildman–Crippen MR) is 177 cm³/mol. The second-order valence-electron chi connectivity index (χ2n) is 11.9. The number of carbonyl (C=O) groups excluding carboxylic acids is 5. The van der Waals surface area contributed by atoms with Crippen molar-refractivity contribution < 1.29 is 66.7 Å². The van der Waals surface area contributed by atoms with Gasteiger partial charge in [0.2, 0.25) is 5.91 Å². The first-order valence-corrected chi connectivity index (χ1v) is 17.6. The summed E-state index contributed by atoms with van der Waals surface area (Å²) in [7, 11) is 1.62. The van der Waals surface area contributed by atoms with Gasteiger partial charge < -0.3 is 53.4 Å². The number of methoxy groups -OCH3 is 1. The number of carbonyl (C=O) groups is 5. The molecule has 3 rings (SSSR count). The van der Waals surface area contributed by atoms with E-state index in [1.165, 1.54) is 0 Å². The molecule has 0 spiro atoms. The van der Waals surface area contributed by atoms with Crippen molar-refractivity contribution in [3.8, 4) is 11.8 Å². The maximum Gasteiger partial charge on any atom is 0.407 e. The predicted octanol–water partition coefficient (Wildman–Crippen LogP) is 0.380. The van der Waals surface area contributed by atoms with Crippen LogP contribution in [0.25, 0.3) is 0 Å². The van der Waals surface area contributed by atoms with Gasteiger partial charge in [-0.2, -0.15) is 0 Å². The first-order chi connectivity index (χ1) is 24.9. The van der Waals surface area contributed by atoms with Crippen molar-refractivity contribution in [1.82, 2.24) is 15.7 Å². The van der Waals surface area contributed by atoms with E-state index in [-0.39, 0.29) is 45.1 Å². The second-order valence-corrected chi connectivity index (χ2v) is 11.9. The lowest BCUT2D eigenvalue weighted by Gasteiger charge is -2.19. The van der Waals surface area contributed by atoms with Crippen LogP contribution in [0.4, 0.5) is 4.79 Å². The van der Waals surface area contributed by atoms with E-state index in [4.69, 9.17) is 42.7 Å². The van der Waals surface area contributed by atoms with Gasteiger partial charge in [0.1, 0.15) is 6.04 Å². The van der Waals surface area contributed by atoms with Crippen LogP contribution in [-0.4, -0.2) is 147 Å². The second kappa shape index (κ2) is 25.6. The summed E-state index contributed by atoms with van der Waals surface area (Å²) in [5, 5.41) is 5.41. The first kappa shape index (κ1) is 42.0. The Bertz CT molecular complexity index is 1110. The number of fused-ring (bicyclic) bond motifs is 1. The molecule has 17 heteroatoms. The average molecular weight is 728 g/mol. The Balaban J connectivity index is 1.23. The van der Waals surface area contributed by atoms with Crippen molar-refractivity contribution in [3.05, 3.63) is 0 Å². The molecule has 0 aromatic heterocycles. The molecule has 0 radical (unpaired) electrons. The van der Waals surface area contributed by atoms with Gasteiger partial charge in [0.05, 0.1) is 98.9 Å². The van der Waals surface area contributed by atoms with E-state index in [0.717, 1.165) is 25.7 Å². The third kappa shape index (κ3) is 17.6. The summed E-state index contributed by atoms with van der Waals surface area (Å²) in [4.78, 5) is 66.7. The third-order valence-electron chi connectivity index (χ3n) is 8.26. The zero-order chi connectivity index (χ0) is 36.5. The normalized spacial score (nSPS) is 20.0. The molecule has 1 saturated heterocycles. The molecule has 0 bridgehead atoms. The largest absolute Gasteiger partial charge is 0.449 e. The topological polar surface area (TPSA) is 196 Å². The van der Waals surface area contributed by atoms with Crippen LogP contribution in [0.5, 0.6) is 0 Å². The molecule has 2 N–H and O–H groups in total. The number of nitrogens with zero attached hydrogens (tertiary/aromatic N) is 1. The molecule has 4 atom stereocenters. The van der Waals surface area contributed by atoms with Crippen LogP contribution >= 0.6 is 0 Å². The highest BCUT2D eigenvalue weighted by atomic mass is 16.7. The summed E-state index contributed by atoms with van der Waals surface area (Å²) in [6.07, 6.45) is 1.92. The molecular weight excluding hydrogens is 674 g/mol. The van der Waals surface area contributed by atoms with Crippen molar-refractivity contribution in [2.75, 3.05) is 106 Å². The van der Waals surface area contributed by atoms with E-state index >= 15 is 0 Å². The highest BCUT2D eigenvalue weighted by Crippen LogP contribution is 2.52. The molecule has 4 amide bonds. The lowest BCUT2D eigenvalue weighted by atomic mass is 10.1. The minimum atomic E-state index is -1.38. The summed E-state index contributed by atoms with van der Waals surface area (Å²) < 4.78 is 42.8. The smallest absolute Gasteiger partial charge is 0.407 e. The van der Waals surface area contributed by atoms with Gasteiger partial charge in [0, 0.05) is 39.3 Å². The van der Waals surface area contributed by atoms with Gasteiger partial charge in [-0.3, -0.25) is 14.4 Å². The zero-order valence-corrected chi connectivity index (χ0v) is 29.5. The summed E-state index contributed by atoms with van der Waals surface area (Å²) >= 11 is 0.